The third-order valence-electron chi connectivity index (χ3n) is 3.16. The van der Waals surface area contributed by atoms with Crippen LogP contribution in [0.3, 0.4) is 0 Å². The van der Waals surface area contributed by atoms with Gasteiger partial charge in [-0.05, 0) is 26.8 Å². The van der Waals surface area contributed by atoms with Gasteiger partial charge >= 0.3 is 0 Å². The lowest BCUT2D eigenvalue weighted by atomic mass is 10.1. The van der Waals surface area contributed by atoms with E-state index in [1.165, 1.54) is 32.1 Å². The molecule has 2 rings (SSSR count). The predicted octanol–water partition coefficient (Wildman–Crippen LogP) is 2.13. The number of thioether (sulfide) groups is 1. The molecule has 0 aliphatic heterocycles. The Bertz CT molecular complexity index is 326. The van der Waals surface area contributed by atoms with Gasteiger partial charge < -0.3 is 5.32 Å². The summed E-state index contributed by atoms with van der Waals surface area (Å²) in [5.41, 5.74) is 0. The lowest BCUT2D eigenvalue weighted by Gasteiger charge is -2.22. The van der Waals surface area contributed by atoms with Crippen molar-refractivity contribution < 1.29 is 0 Å². The van der Waals surface area contributed by atoms with Gasteiger partial charge in [0.2, 0.25) is 5.16 Å². The maximum atomic E-state index is 4.37. The predicted molar refractivity (Wildman–Crippen MR) is 66.7 cm³/mol. The zero-order valence-corrected chi connectivity index (χ0v) is 10.8. The lowest BCUT2D eigenvalue weighted by molar-refractivity contribution is 0.509. The minimum atomic E-state index is 0.603. The zero-order valence-electron chi connectivity index (χ0n) is 9.99. The van der Waals surface area contributed by atoms with Crippen molar-refractivity contribution in [1.82, 2.24) is 20.5 Å². The highest BCUT2D eigenvalue weighted by molar-refractivity contribution is 7.99. The SMILES string of the molecule is CNC1CCCCCC1Sc1n[nH]c(C)n1. The number of aromatic amines is 1. The van der Waals surface area contributed by atoms with Gasteiger partial charge in [0.05, 0.1) is 0 Å². The molecule has 0 amide bonds. The summed E-state index contributed by atoms with van der Waals surface area (Å²) in [6, 6.07) is 0.603. The molecule has 2 N–H and O–H groups in total. The summed E-state index contributed by atoms with van der Waals surface area (Å²) in [6.07, 6.45) is 6.58. The summed E-state index contributed by atoms with van der Waals surface area (Å²) in [5, 5.41) is 12.1. The molecule has 1 saturated carbocycles. The minimum absolute atomic E-state index is 0.603. The van der Waals surface area contributed by atoms with Gasteiger partial charge in [0.25, 0.3) is 0 Å². The number of aryl methyl sites for hydroxylation is 1. The van der Waals surface area contributed by atoms with Gasteiger partial charge in [-0.1, -0.05) is 31.0 Å². The van der Waals surface area contributed by atoms with E-state index in [0.717, 1.165) is 11.0 Å². The Morgan fingerprint density at radius 1 is 1.31 bits per heavy atom. The number of aromatic nitrogens is 3. The van der Waals surface area contributed by atoms with Gasteiger partial charge in [0.15, 0.2) is 0 Å². The standard InChI is InChI=1S/C11H20N4S/c1-8-13-11(15-14-8)16-10-7-5-3-4-6-9(10)12-2/h9-10,12H,3-7H2,1-2H3,(H,13,14,15). The Labute approximate surface area is 101 Å². The van der Waals surface area contributed by atoms with E-state index in [-0.39, 0.29) is 0 Å². The van der Waals surface area contributed by atoms with Gasteiger partial charge in [0.1, 0.15) is 5.82 Å². The fraction of sp³-hybridized carbons (Fsp3) is 0.818. The second-order valence-electron chi connectivity index (χ2n) is 4.39. The molecular weight excluding hydrogens is 220 g/mol. The molecule has 0 bridgehead atoms. The lowest BCUT2D eigenvalue weighted by Crippen LogP contribution is -2.34. The molecule has 16 heavy (non-hydrogen) atoms. The molecule has 1 aliphatic rings. The fourth-order valence-corrected chi connectivity index (χ4v) is 3.53. The average molecular weight is 240 g/mol. The first-order valence-electron chi connectivity index (χ1n) is 6.02. The van der Waals surface area contributed by atoms with Crippen LogP contribution in [0.4, 0.5) is 0 Å². The molecule has 5 heteroatoms. The Morgan fingerprint density at radius 2 is 2.12 bits per heavy atom. The first-order chi connectivity index (χ1) is 7.79. The molecule has 1 aromatic heterocycles. The van der Waals surface area contributed by atoms with E-state index in [1.54, 1.807) is 0 Å². The number of nitrogens with zero attached hydrogens (tertiary/aromatic N) is 2. The van der Waals surface area contributed by atoms with E-state index in [2.05, 4.69) is 27.5 Å². The summed E-state index contributed by atoms with van der Waals surface area (Å²) >= 11 is 1.82. The molecule has 1 aliphatic carbocycles. The van der Waals surface area contributed by atoms with E-state index >= 15 is 0 Å². The highest BCUT2D eigenvalue weighted by Crippen LogP contribution is 2.31. The molecule has 0 aromatic carbocycles. The van der Waals surface area contributed by atoms with Crippen LogP contribution < -0.4 is 5.32 Å². The number of hydrogen-bond acceptors (Lipinski definition) is 4. The van der Waals surface area contributed by atoms with E-state index in [9.17, 15) is 0 Å². The molecule has 0 radical (unpaired) electrons. The molecule has 0 spiro atoms. The van der Waals surface area contributed by atoms with Crippen LogP contribution in [0, 0.1) is 6.92 Å². The second kappa shape index (κ2) is 5.68. The van der Waals surface area contributed by atoms with Crippen molar-refractivity contribution >= 4 is 11.8 Å². The second-order valence-corrected chi connectivity index (χ2v) is 5.60. The molecule has 90 valence electrons. The highest BCUT2D eigenvalue weighted by Gasteiger charge is 2.24. The minimum Gasteiger partial charge on any atom is -0.316 e. The quantitative estimate of drug-likeness (QED) is 0.795. The Balaban J connectivity index is 1.99. The summed E-state index contributed by atoms with van der Waals surface area (Å²) in [7, 11) is 2.06. The van der Waals surface area contributed by atoms with Crippen LogP contribution in [0.2, 0.25) is 0 Å². The Kier molecular flexibility index (Phi) is 4.23. The third-order valence-corrected chi connectivity index (χ3v) is 4.42. The van der Waals surface area contributed by atoms with Crippen molar-refractivity contribution in [2.24, 2.45) is 0 Å². The molecule has 1 heterocycles. The van der Waals surface area contributed by atoms with Gasteiger partial charge in [-0.3, -0.25) is 5.10 Å². The maximum absolute atomic E-state index is 4.37. The van der Waals surface area contributed by atoms with E-state index in [1.807, 2.05) is 18.7 Å². The maximum Gasteiger partial charge on any atom is 0.208 e. The molecule has 4 nitrogen and oxygen atoms in total. The third kappa shape index (κ3) is 2.98. The zero-order chi connectivity index (χ0) is 11.4. The number of nitrogens with one attached hydrogen (secondary N) is 2. The normalized spacial score (nSPS) is 26.6. The fourth-order valence-electron chi connectivity index (χ4n) is 2.26. The number of H-pyrrole nitrogens is 1. The first kappa shape index (κ1) is 11.9. The van der Waals surface area contributed by atoms with Crippen LogP contribution in [0.25, 0.3) is 0 Å². The largest absolute Gasteiger partial charge is 0.316 e. The van der Waals surface area contributed by atoms with Crippen molar-refractivity contribution in [3.63, 3.8) is 0 Å². The van der Waals surface area contributed by atoms with Crippen LogP contribution in [0.5, 0.6) is 0 Å². The summed E-state index contributed by atoms with van der Waals surface area (Å²) < 4.78 is 0. The Morgan fingerprint density at radius 3 is 2.81 bits per heavy atom. The van der Waals surface area contributed by atoms with Crippen molar-refractivity contribution in [2.75, 3.05) is 7.05 Å². The van der Waals surface area contributed by atoms with Crippen molar-refractivity contribution in [2.45, 2.75) is 55.5 Å². The van der Waals surface area contributed by atoms with Crippen LogP contribution in [0.1, 0.15) is 37.9 Å². The summed E-state index contributed by atoms with van der Waals surface area (Å²) in [5.74, 6) is 0.900. The van der Waals surface area contributed by atoms with Gasteiger partial charge in [-0.25, -0.2) is 4.98 Å². The Hall–Kier alpha value is -0.550. The molecule has 2 unspecified atom stereocenters. The number of rotatable bonds is 3. The van der Waals surface area contributed by atoms with Crippen molar-refractivity contribution in [3.8, 4) is 0 Å². The monoisotopic (exact) mass is 240 g/mol. The van der Waals surface area contributed by atoms with Crippen LogP contribution in [-0.2, 0) is 0 Å². The summed E-state index contributed by atoms with van der Waals surface area (Å²) in [4.78, 5) is 4.37. The van der Waals surface area contributed by atoms with Gasteiger partial charge in [-0.2, -0.15) is 0 Å². The van der Waals surface area contributed by atoms with Crippen LogP contribution in [0.15, 0.2) is 5.16 Å². The van der Waals surface area contributed by atoms with Crippen LogP contribution in [-0.4, -0.2) is 33.5 Å². The van der Waals surface area contributed by atoms with E-state index in [0.29, 0.717) is 11.3 Å². The molecular formula is C11H20N4S. The number of hydrogen-bond donors (Lipinski definition) is 2. The molecule has 2 atom stereocenters. The molecule has 1 aromatic rings. The van der Waals surface area contributed by atoms with Crippen LogP contribution >= 0.6 is 11.8 Å². The molecule has 0 saturated heterocycles. The summed E-state index contributed by atoms with van der Waals surface area (Å²) in [6.45, 7) is 1.94. The van der Waals surface area contributed by atoms with Crippen molar-refractivity contribution in [1.29, 1.82) is 0 Å². The van der Waals surface area contributed by atoms with Gasteiger partial charge in [0, 0.05) is 11.3 Å². The highest BCUT2D eigenvalue weighted by atomic mass is 32.2. The van der Waals surface area contributed by atoms with Crippen molar-refractivity contribution in [3.05, 3.63) is 5.82 Å². The topological polar surface area (TPSA) is 53.6 Å². The van der Waals surface area contributed by atoms with Gasteiger partial charge in [-0.15, -0.1) is 5.10 Å². The average Bonchev–Trinajstić information content (AvgIpc) is 2.56. The smallest absolute Gasteiger partial charge is 0.208 e. The van der Waals surface area contributed by atoms with E-state index in [4.69, 9.17) is 0 Å². The van der Waals surface area contributed by atoms with E-state index < -0.39 is 0 Å². The first-order valence-corrected chi connectivity index (χ1v) is 6.90. The molecule has 1 fully saturated rings.